The van der Waals surface area contributed by atoms with Crippen LogP contribution in [0.25, 0.3) is 0 Å². The maximum atomic E-state index is 10.9. The molecule has 0 spiro atoms. The number of nitrogens with zero attached hydrogens (tertiary/aromatic N) is 3. The van der Waals surface area contributed by atoms with Crippen molar-refractivity contribution >= 4 is 11.8 Å². The first-order chi connectivity index (χ1) is 7.95. The molecule has 0 saturated heterocycles. The van der Waals surface area contributed by atoms with Crippen molar-refractivity contribution in [1.29, 1.82) is 0 Å². The van der Waals surface area contributed by atoms with E-state index in [-0.39, 0.29) is 12.6 Å². The number of carboxylic acid groups (broad SMARTS) is 1. The number of carbonyl (C=O) groups is 1. The summed E-state index contributed by atoms with van der Waals surface area (Å²) in [7, 11) is 0. The standard InChI is InChI=1S/C12H19N3O2/c1-5-9(3)15(7-11(16)17)12-10(4)13-6-8(2)14-12/h6,9H,5,7H2,1-4H3,(H,16,17). The summed E-state index contributed by atoms with van der Waals surface area (Å²) in [5.41, 5.74) is 1.56. The molecule has 1 aromatic heterocycles. The third-order valence-electron chi connectivity index (χ3n) is 2.75. The molecule has 1 rings (SSSR count). The summed E-state index contributed by atoms with van der Waals surface area (Å²) in [6.45, 7) is 7.67. The topological polar surface area (TPSA) is 66.3 Å². The Balaban J connectivity index is 3.11. The zero-order chi connectivity index (χ0) is 13.0. The molecule has 5 heteroatoms. The van der Waals surface area contributed by atoms with Crippen LogP contribution in [0.2, 0.25) is 0 Å². The number of aryl methyl sites for hydroxylation is 2. The molecule has 1 heterocycles. The van der Waals surface area contributed by atoms with Crippen LogP contribution in [-0.4, -0.2) is 33.6 Å². The average molecular weight is 237 g/mol. The highest BCUT2D eigenvalue weighted by atomic mass is 16.4. The van der Waals surface area contributed by atoms with Crippen molar-refractivity contribution in [3.63, 3.8) is 0 Å². The summed E-state index contributed by atoms with van der Waals surface area (Å²) in [5, 5.41) is 8.96. The first-order valence-corrected chi connectivity index (χ1v) is 5.74. The van der Waals surface area contributed by atoms with Crippen molar-refractivity contribution in [3.05, 3.63) is 17.6 Å². The lowest BCUT2D eigenvalue weighted by atomic mass is 10.2. The lowest BCUT2D eigenvalue weighted by Gasteiger charge is -2.29. The van der Waals surface area contributed by atoms with E-state index in [0.717, 1.165) is 17.8 Å². The Morgan fingerprint density at radius 2 is 2.18 bits per heavy atom. The van der Waals surface area contributed by atoms with E-state index >= 15 is 0 Å². The van der Waals surface area contributed by atoms with Gasteiger partial charge in [-0.15, -0.1) is 0 Å². The second-order valence-corrected chi connectivity index (χ2v) is 4.20. The molecule has 0 aliphatic carbocycles. The number of hydrogen-bond acceptors (Lipinski definition) is 4. The molecular weight excluding hydrogens is 218 g/mol. The van der Waals surface area contributed by atoms with Gasteiger partial charge in [0.1, 0.15) is 6.54 Å². The minimum atomic E-state index is -0.854. The van der Waals surface area contributed by atoms with Crippen LogP contribution in [0, 0.1) is 13.8 Å². The molecule has 1 unspecified atom stereocenters. The maximum absolute atomic E-state index is 10.9. The van der Waals surface area contributed by atoms with Gasteiger partial charge in [-0.25, -0.2) is 4.98 Å². The van der Waals surface area contributed by atoms with Gasteiger partial charge in [0.15, 0.2) is 5.82 Å². The number of carboxylic acids is 1. The van der Waals surface area contributed by atoms with Gasteiger partial charge in [0, 0.05) is 12.2 Å². The van der Waals surface area contributed by atoms with E-state index in [2.05, 4.69) is 9.97 Å². The van der Waals surface area contributed by atoms with Gasteiger partial charge < -0.3 is 10.0 Å². The maximum Gasteiger partial charge on any atom is 0.323 e. The van der Waals surface area contributed by atoms with E-state index in [1.165, 1.54) is 0 Å². The van der Waals surface area contributed by atoms with Gasteiger partial charge >= 0.3 is 5.97 Å². The monoisotopic (exact) mass is 237 g/mol. The van der Waals surface area contributed by atoms with Crippen molar-refractivity contribution in [3.8, 4) is 0 Å². The van der Waals surface area contributed by atoms with Crippen LogP contribution in [0.5, 0.6) is 0 Å². The molecule has 0 bridgehead atoms. The molecule has 0 radical (unpaired) electrons. The fourth-order valence-electron chi connectivity index (χ4n) is 1.60. The van der Waals surface area contributed by atoms with E-state index in [1.807, 2.05) is 27.7 Å². The Hall–Kier alpha value is -1.65. The van der Waals surface area contributed by atoms with Gasteiger partial charge in [-0.1, -0.05) is 6.92 Å². The zero-order valence-corrected chi connectivity index (χ0v) is 10.8. The summed E-state index contributed by atoms with van der Waals surface area (Å²) >= 11 is 0. The summed E-state index contributed by atoms with van der Waals surface area (Å²) in [6.07, 6.45) is 2.55. The average Bonchev–Trinajstić information content (AvgIpc) is 2.28. The summed E-state index contributed by atoms with van der Waals surface area (Å²) in [5.74, 6) is -0.185. The van der Waals surface area contributed by atoms with Gasteiger partial charge in [-0.05, 0) is 27.2 Å². The Labute approximate surface area is 102 Å². The fourth-order valence-corrected chi connectivity index (χ4v) is 1.60. The molecule has 0 aromatic carbocycles. The molecule has 1 aromatic rings. The normalized spacial score (nSPS) is 12.2. The van der Waals surface area contributed by atoms with Crippen LogP contribution in [-0.2, 0) is 4.79 Å². The van der Waals surface area contributed by atoms with Crippen molar-refractivity contribution in [1.82, 2.24) is 9.97 Å². The molecule has 5 nitrogen and oxygen atoms in total. The van der Waals surface area contributed by atoms with Crippen LogP contribution in [0.1, 0.15) is 31.7 Å². The number of aromatic nitrogens is 2. The van der Waals surface area contributed by atoms with E-state index in [0.29, 0.717) is 5.82 Å². The first kappa shape index (κ1) is 13.4. The molecule has 0 fully saturated rings. The van der Waals surface area contributed by atoms with E-state index in [9.17, 15) is 4.79 Å². The van der Waals surface area contributed by atoms with Gasteiger partial charge in [0.25, 0.3) is 0 Å². The van der Waals surface area contributed by atoms with Gasteiger partial charge in [-0.3, -0.25) is 9.78 Å². The van der Waals surface area contributed by atoms with E-state index in [1.54, 1.807) is 11.1 Å². The van der Waals surface area contributed by atoms with Gasteiger partial charge in [-0.2, -0.15) is 0 Å². The van der Waals surface area contributed by atoms with Crippen LogP contribution in [0.3, 0.4) is 0 Å². The lowest BCUT2D eigenvalue weighted by molar-refractivity contribution is -0.135. The minimum Gasteiger partial charge on any atom is -0.480 e. The summed E-state index contributed by atoms with van der Waals surface area (Å²) in [6, 6.07) is 0.126. The highest BCUT2D eigenvalue weighted by molar-refractivity contribution is 5.73. The molecular formula is C12H19N3O2. The lowest BCUT2D eigenvalue weighted by Crippen LogP contribution is -2.38. The molecule has 0 aliphatic heterocycles. The Kier molecular flexibility index (Phi) is 4.43. The Morgan fingerprint density at radius 1 is 1.53 bits per heavy atom. The van der Waals surface area contributed by atoms with Crippen molar-refractivity contribution in [2.24, 2.45) is 0 Å². The second-order valence-electron chi connectivity index (χ2n) is 4.20. The molecule has 0 saturated carbocycles. The van der Waals surface area contributed by atoms with Crippen LogP contribution < -0.4 is 4.90 Å². The molecule has 0 aliphatic rings. The number of anilines is 1. The molecule has 1 N–H and O–H groups in total. The third-order valence-corrected chi connectivity index (χ3v) is 2.75. The summed E-state index contributed by atoms with van der Waals surface area (Å²) < 4.78 is 0. The predicted molar refractivity (Wildman–Crippen MR) is 66.2 cm³/mol. The first-order valence-electron chi connectivity index (χ1n) is 5.74. The third kappa shape index (κ3) is 3.41. The van der Waals surface area contributed by atoms with Crippen molar-refractivity contribution in [2.75, 3.05) is 11.4 Å². The zero-order valence-electron chi connectivity index (χ0n) is 10.8. The van der Waals surface area contributed by atoms with Crippen molar-refractivity contribution < 1.29 is 9.90 Å². The number of hydrogen-bond donors (Lipinski definition) is 1. The van der Waals surface area contributed by atoms with Crippen LogP contribution in [0.15, 0.2) is 6.20 Å². The molecule has 94 valence electrons. The Morgan fingerprint density at radius 3 is 2.71 bits per heavy atom. The van der Waals surface area contributed by atoms with Crippen LogP contribution >= 0.6 is 0 Å². The highest BCUT2D eigenvalue weighted by Crippen LogP contribution is 2.19. The quantitative estimate of drug-likeness (QED) is 0.845. The van der Waals surface area contributed by atoms with E-state index < -0.39 is 5.97 Å². The SMILES string of the molecule is CCC(C)N(CC(=O)O)c1nc(C)cnc1C. The highest BCUT2D eigenvalue weighted by Gasteiger charge is 2.19. The van der Waals surface area contributed by atoms with Gasteiger partial charge in [0.2, 0.25) is 0 Å². The number of rotatable bonds is 5. The number of aliphatic carboxylic acids is 1. The Bertz CT molecular complexity index is 407. The molecule has 17 heavy (non-hydrogen) atoms. The van der Waals surface area contributed by atoms with E-state index in [4.69, 9.17) is 5.11 Å². The summed E-state index contributed by atoms with van der Waals surface area (Å²) in [4.78, 5) is 21.3. The van der Waals surface area contributed by atoms with Crippen LogP contribution in [0.4, 0.5) is 5.82 Å². The smallest absolute Gasteiger partial charge is 0.323 e. The minimum absolute atomic E-state index is 0.0476. The largest absolute Gasteiger partial charge is 0.480 e. The van der Waals surface area contributed by atoms with Gasteiger partial charge in [0.05, 0.1) is 11.4 Å². The van der Waals surface area contributed by atoms with Crippen molar-refractivity contribution in [2.45, 2.75) is 40.2 Å². The molecule has 0 amide bonds. The second kappa shape index (κ2) is 5.61. The molecule has 1 atom stereocenters. The predicted octanol–water partition coefficient (Wildman–Crippen LogP) is 1.78. The fraction of sp³-hybridized carbons (Fsp3) is 0.583.